The highest BCUT2D eigenvalue weighted by Crippen LogP contribution is 2.24. The highest BCUT2D eigenvalue weighted by Gasteiger charge is 2.14. The van der Waals surface area contributed by atoms with E-state index in [2.05, 4.69) is 0 Å². The summed E-state index contributed by atoms with van der Waals surface area (Å²) >= 11 is 11.8. The van der Waals surface area contributed by atoms with Crippen LogP contribution in [0.3, 0.4) is 0 Å². The van der Waals surface area contributed by atoms with Gasteiger partial charge < -0.3 is 0 Å². The zero-order valence-electron chi connectivity index (χ0n) is 9.51. The second-order valence-electron chi connectivity index (χ2n) is 3.92. The maximum absolute atomic E-state index is 13.4. The van der Waals surface area contributed by atoms with Crippen LogP contribution in [-0.2, 0) is 0 Å². The van der Waals surface area contributed by atoms with E-state index in [1.54, 1.807) is 31.2 Å². The Hall–Kier alpha value is -1.38. The molecular formula is C14H9Cl2FO. The number of rotatable bonds is 2. The molecule has 0 aliphatic rings. The molecule has 0 aliphatic heterocycles. The van der Waals surface area contributed by atoms with Crippen LogP contribution in [0, 0.1) is 12.7 Å². The number of aryl methyl sites for hydroxylation is 1. The van der Waals surface area contributed by atoms with Crippen molar-refractivity contribution in [1.82, 2.24) is 0 Å². The number of hydrogen-bond acceptors (Lipinski definition) is 1. The summed E-state index contributed by atoms with van der Waals surface area (Å²) in [6.07, 6.45) is 0. The first-order chi connectivity index (χ1) is 8.49. The number of hydrogen-bond donors (Lipinski definition) is 0. The van der Waals surface area contributed by atoms with Crippen molar-refractivity contribution in [1.29, 1.82) is 0 Å². The van der Waals surface area contributed by atoms with Gasteiger partial charge in [0.2, 0.25) is 0 Å². The Morgan fingerprint density at radius 3 is 2.50 bits per heavy atom. The zero-order chi connectivity index (χ0) is 13.3. The molecule has 0 spiro atoms. The van der Waals surface area contributed by atoms with Crippen molar-refractivity contribution < 1.29 is 9.18 Å². The van der Waals surface area contributed by atoms with Gasteiger partial charge in [-0.3, -0.25) is 4.79 Å². The van der Waals surface area contributed by atoms with E-state index in [-0.39, 0.29) is 16.9 Å². The van der Waals surface area contributed by atoms with Gasteiger partial charge in [0.05, 0.1) is 5.02 Å². The van der Waals surface area contributed by atoms with E-state index in [9.17, 15) is 9.18 Å². The molecule has 0 bridgehead atoms. The Balaban J connectivity index is 2.47. The van der Waals surface area contributed by atoms with E-state index in [0.29, 0.717) is 15.6 Å². The first-order valence-corrected chi connectivity index (χ1v) is 6.00. The molecule has 2 aromatic rings. The Morgan fingerprint density at radius 1 is 1.11 bits per heavy atom. The van der Waals surface area contributed by atoms with Crippen LogP contribution in [0.5, 0.6) is 0 Å². The first kappa shape index (κ1) is 13.1. The number of carbonyl (C=O) groups excluding carboxylic acids is 1. The maximum Gasteiger partial charge on any atom is 0.194 e. The lowest BCUT2D eigenvalue weighted by Gasteiger charge is -2.05. The Kier molecular flexibility index (Phi) is 3.69. The average molecular weight is 283 g/mol. The lowest BCUT2D eigenvalue weighted by Crippen LogP contribution is -2.03. The minimum atomic E-state index is -0.418. The standard InChI is InChI=1S/C14H9Cl2FO/c1-8-2-3-9(6-13(8)17)14(18)11-7-10(15)4-5-12(11)16/h2-7H,1H3. The van der Waals surface area contributed by atoms with Crippen LogP contribution in [0.1, 0.15) is 21.5 Å². The van der Waals surface area contributed by atoms with Crippen molar-refractivity contribution in [2.75, 3.05) is 0 Å². The molecule has 4 heteroatoms. The smallest absolute Gasteiger partial charge is 0.194 e. The fourth-order valence-corrected chi connectivity index (χ4v) is 1.94. The normalized spacial score (nSPS) is 10.4. The Bertz CT molecular complexity index is 623. The largest absolute Gasteiger partial charge is 0.289 e. The summed E-state index contributed by atoms with van der Waals surface area (Å²) in [4.78, 5) is 12.2. The van der Waals surface area contributed by atoms with Gasteiger partial charge >= 0.3 is 0 Å². The predicted molar refractivity (Wildman–Crippen MR) is 71.0 cm³/mol. The SMILES string of the molecule is Cc1ccc(C(=O)c2cc(Cl)ccc2Cl)cc1F. The van der Waals surface area contributed by atoms with Gasteiger partial charge in [-0.05, 0) is 36.8 Å². The van der Waals surface area contributed by atoms with Gasteiger partial charge in [0.15, 0.2) is 5.78 Å². The van der Waals surface area contributed by atoms with E-state index in [4.69, 9.17) is 23.2 Å². The topological polar surface area (TPSA) is 17.1 Å². The van der Waals surface area contributed by atoms with Gasteiger partial charge in [-0.15, -0.1) is 0 Å². The molecule has 0 saturated carbocycles. The molecule has 0 radical (unpaired) electrons. The first-order valence-electron chi connectivity index (χ1n) is 5.25. The molecule has 92 valence electrons. The molecule has 0 heterocycles. The minimum absolute atomic E-state index is 0.252. The molecule has 2 rings (SSSR count). The van der Waals surface area contributed by atoms with Crippen molar-refractivity contribution in [2.45, 2.75) is 6.92 Å². The summed E-state index contributed by atoms with van der Waals surface area (Å²) in [6, 6.07) is 8.94. The summed E-state index contributed by atoms with van der Waals surface area (Å²) < 4.78 is 13.4. The van der Waals surface area contributed by atoms with Crippen molar-refractivity contribution in [3.8, 4) is 0 Å². The van der Waals surface area contributed by atoms with Crippen LogP contribution in [0.2, 0.25) is 10.0 Å². The second-order valence-corrected chi connectivity index (χ2v) is 4.76. The van der Waals surface area contributed by atoms with Crippen molar-refractivity contribution >= 4 is 29.0 Å². The van der Waals surface area contributed by atoms with E-state index in [1.165, 1.54) is 12.1 Å². The number of carbonyl (C=O) groups is 1. The van der Waals surface area contributed by atoms with Crippen LogP contribution < -0.4 is 0 Å². The Morgan fingerprint density at radius 2 is 1.83 bits per heavy atom. The molecule has 18 heavy (non-hydrogen) atoms. The third kappa shape index (κ3) is 2.55. The van der Waals surface area contributed by atoms with Gasteiger partial charge in [0.25, 0.3) is 0 Å². The molecular weight excluding hydrogens is 274 g/mol. The monoisotopic (exact) mass is 282 g/mol. The van der Waals surface area contributed by atoms with E-state index in [0.717, 1.165) is 0 Å². The quantitative estimate of drug-likeness (QED) is 0.732. The highest BCUT2D eigenvalue weighted by atomic mass is 35.5. The number of benzene rings is 2. The van der Waals surface area contributed by atoms with Crippen molar-refractivity contribution in [2.24, 2.45) is 0 Å². The molecule has 0 saturated heterocycles. The van der Waals surface area contributed by atoms with Gasteiger partial charge in [0.1, 0.15) is 5.82 Å². The van der Waals surface area contributed by atoms with Gasteiger partial charge in [-0.1, -0.05) is 35.3 Å². The summed E-state index contributed by atoms with van der Waals surface area (Å²) in [7, 11) is 0. The number of halogens is 3. The third-order valence-electron chi connectivity index (χ3n) is 2.61. The maximum atomic E-state index is 13.4. The molecule has 0 atom stereocenters. The van der Waals surface area contributed by atoms with Crippen molar-refractivity contribution in [3.05, 3.63) is 69.0 Å². The molecule has 0 amide bonds. The minimum Gasteiger partial charge on any atom is -0.289 e. The lowest BCUT2D eigenvalue weighted by molar-refractivity contribution is 0.103. The van der Waals surface area contributed by atoms with Crippen LogP contribution in [0.15, 0.2) is 36.4 Å². The number of ketones is 1. The molecule has 2 aromatic carbocycles. The fraction of sp³-hybridized carbons (Fsp3) is 0.0714. The van der Waals surface area contributed by atoms with Crippen LogP contribution in [-0.4, -0.2) is 5.78 Å². The second kappa shape index (κ2) is 5.09. The Labute approximate surface area is 114 Å². The van der Waals surface area contributed by atoms with Crippen LogP contribution in [0.25, 0.3) is 0 Å². The molecule has 0 N–H and O–H groups in total. The van der Waals surface area contributed by atoms with Gasteiger partial charge in [-0.25, -0.2) is 4.39 Å². The molecule has 0 unspecified atom stereocenters. The summed E-state index contributed by atoms with van der Waals surface area (Å²) in [5.74, 6) is -0.764. The van der Waals surface area contributed by atoms with E-state index >= 15 is 0 Å². The molecule has 0 fully saturated rings. The summed E-state index contributed by atoms with van der Waals surface area (Å²) in [6.45, 7) is 1.63. The highest BCUT2D eigenvalue weighted by molar-refractivity contribution is 6.36. The van der Waals surface area contributed by atoms with E-state index < -0.39 is 5.82 Å². The predicted octanol–water partition coefficient (Wildman–Crippen LogP) is 4.67. The van der Waals surface area contributed by atoms with E-state index in [1.807, 2.05) is 0 Å². The summed E-state index contributed by atoms with van der Waals surface area (Å²) in [5, 5.41) is 0.709. The van der Waals surface area contributed by atoms with Gasteiger partial charge in [-0.2, -0.15) is 0 Å². The molecule has 0 aliphatic carbocycles. The average Bonchev–Trinajstić information content (AvgIpc) is 2.35. The van der Waals surface area contributed by atoms with Gasteiger partial charge in [0, 0.05) is 16.1 Å². The lowest BCUT2D eigenvalue weighted by atomic mass is 10.0. The molecule has 1 nitrogen and oxygen atoms in total. The van der Waals surface area contributed by atoms with Crippen molar-refractivity contribution in [3.63, 3.8) is 0 Å². The fourth-order valence-electron chi connectivity index (χ4n) is 1.56. The molecule has 0 aromatic heterocycles. The zero-order valence-corrected chi connectivity index (χ0v) is 11.0. The van der Waals surface area contributed by atoms with Crippen LogP contribution in [0.4, 0.5) is 4.39 Å². The van der Waals surface area contributed by atoms with Crippen LogP contribution >= 0.6 is 23.2 Å². The summed E-state index contributed by atoms with van der Waals surface area (Å²) in [5.41, 5.74) is 1.01. The third-order valence-corrected chi connectivity index (χ3v) is 3.17.